The molecule has 2 rings (SSSR count). The van der Waals surface area contributed by atoms with Crippen LogP contribution in [0.25, 0.3) is 0 Å². The summed E-state index contributed by atoms with van der Waals surface area (Å²) in [6.45, 7) is 10.7. The molecule has 4 nitrogen and oxygen atoms in total. The normalized spacial score (nSPS) is 26.2. The van der Waals surface area contributed by atoms with Crippen molar-refractivity contribution in [2.24, 2.45) is 11.3 Å². The SMILES string of the molecule is Cc1nc(N)c(C)c(OC2CC(C)CC(C)(C)C2)n1. The van der Waals surface area contributed by atoms with Crippen LogP contribution in [0.15, 0.2) is 0 Å². The first-order valence-electron chi connectivity index (χ1n) is 7.04. The maximum absolute atomic E-state index is 6.12. The summed E-state index contributed by atoms with van der Waals surface area (Å²) in [6.07, 6.45) is 3.65. The smallest absolute Gasteiger partial charge is 0.222 e. The maximum Gasteiger partial charge on any atom is 0.222 e. The number of aromatic nitrogens is 2. The van der Waals surface area contributed by atoms with Crippen LogP contribution in [-0.2, 0) is 0 Å². The average molecular weight is 263 g/mol. The largest absolute Gasteiger partial charge is 0.474 e. The van der Waals surface area contributed by atoms with Crippen molar-refractivity contribution >= 4 is 5.82 Å². The van der Waals surface area contributed by atoms with Gasteiger partial charge in [-0.3, -0.25) is 0 Å². The van der Waals surface area contributed by atoms with Gasteiger partial charge in [0.2, 0.25) is 5.88 Å². The Morgan fingerprint density at radius 1 is 1.21 bits per heavy atom. The molecule has 1 saturated carbocycles. The first kappa shape index (κ1) is 14.1. The van der Waals surface area contributed by atoms with Gasteiger partial charge in [0.05, 0.1) is 5.56 Å². The molecule has 0 radical (unpaired) electrons. The highest BCUT2D eigenvalue weighted by Crippen LogP contribution is 2.40. The van der Waals surface area contributed by atoms with Crippen molar-refractivity contribution in [3.63, 3.8) is 0 Å². The first-order chi connectivity index (χ1) is 8.77. The van der Waals surface area contributed by atoms with E-state index < -0.39 is 0 Å². The zero-order valence-electron chi connectivity index (χ0n) is 12.7. The fourth-order valence-electron chi connectivity index (χ4n) is 3.24. The zero-order valence-corrected chi connectivity index (χ0v) is 12.7. The minimum absolute atomic E-state index is 0.228. The van der Waals surface area contributed by atoms with Gasteiger partial charge in [0.25, 0.3) is 0 Å². The van der Waals surface area contributed by atoms with E-state index in [1.165, 1.54) is 6.42 Å². The molecule has 1 fully saturated rings. The van der Waals surface area contributed by atoms with Gasteiger partial charge in [-0.25, -0.2) is 4.98 Å². The van der Waals surface area contributed by atoms with Gasteiger partial charge in [0, 0.05) is 0 Å². The van der Waals surface area contributed by atoms with Crippen molar-refractivity contribution in [2.75, 3.05) is 5.73 Å². The van der Waals surface area contributed by atoms with E-state index in [1.807, 2.05) is 13.8 Å². The highest BCUT2D eigenvalue weighted by atomic mass is 16.5. The summed E-state index contributed by atoms with van der Waals surface area (Å²) in [5.74, 6) is 2.53. The minimum atomic E-state index is 0.228. The average Bonchev–Trinajstić information content (AvgIpc) is 2.22. The highest BCUT2D eigenvalue weighted by molar-refractivity contribution is 5.44. The molecule has 1 aromatic rings. The molecule has 4 heteroatoms. The number of nitrogens with two attached hydrogens (primary N) is 1. The highest BCUT2D eigenvalue weighted by Gasteiger charge is 2.33. The fraction of sp³-hybridized carbons (Fsp3) is 0.733. The van der Waals surface area contributed by atoms with Gasteiger partial charge in [0.1, 0.15) is 17.7 Å². The topological polar surface area (TPSA) is 61.0 Å². The summed E-state index contributed by atoms with van der Waals surface area (Å²) in [7, 11) is 0. The Morgan fingerprint density at radius 3 is 2.53 bits per heavy atom. The van der Waals surface area contributed by atoms with E-state index >= 15 is 0 Å². The lowest BCUT2D eigenvalue weighted by molar-refractivity contribution is 0.0526. The molecular formula is C15H25N3O. The van der Waals surface area contributed by atoms with Gasteiger partial charge >= 0.3 is 0 Å². The molecule has 0 aromatic carbocycles. The Bertz CT molecular complexity index is 471. The molecule has 2 unspecified atom stereocenters. The second kappa shape index (κ2) is 4.99. The van der Waals surface area contributed by atoms with Gasteiger partial charge in [-0.2, -0.15) is 4.98 Å². The van der Waals surface area contributed by atoms with Gasteiger partial charge in [-0.1, -0.05) is 20.8 Å². The number of nitrogens with zero attached hydrogens (tertiary/aromatic N) is 2. The molecule has 0 aliphatic heterocycles. The molecule has 106 valence electrons. The molecule has 0 amide bonds. The van der Waals surface area contributed by atoms with E-state index in [2.05, 4.69) is 30.7 Å². The molecule has 1 aromatic heterocycles. The van der Waals surface area contributed by atoms with Gasteiger partial charge < -0.3 is 10.5 Å². The lowest BCUT2D eigenvalue weighted by atomic mass is 9.71. The summed E-state index contributed by atoms with van der Waals surface area (Å²) in [4.78, 5) is 8.54. The van der Waals surface area contributed by atoms with Gasteiger partial charge in [-0.15, -0.1) is 0 Å². The van der Waals surface area contributed by atoms with E-state index in [0.717, 1.165) is 18.4 Å². The van der Waals surface area contributed by atoms with Crippen LogP contribution in [0.2, 0.25) is 0 Å². The predicted octanol–water partition coefficient (Wildman–Crippen LogP) is 3.27. The van der Waals surface area contributed by atoms with E-state index in [-0.39, 0.29) is 6.10 Å². The number of aryl methyl sites for hydroxylation is 1. The molecule has 0 bridgehead atoms. The lowest BCUT2D eigenvalue weighted by Crippen LogP contribution is -2.34. The molecule has 1 aliphatic carbocycles. The Morgan fingerprint density at radius 2 is 1.89 bits per heavy atom. The number of hydrogen-bond acceptors (Lipinski definition) is 4. The molecule has 0 spiro atoms. The summed E-state index contributed by atoms with van der Waals surface area (Å²) < 4.78 is 6.12. The van der Waals surface area contributed by atoms with E-state index in [1.54, 1.807) is 0 Å². The Kier molecular flexibility index (Phi) is 3.70. The van der Waals surface area contributed by atoms with Crippen LogP contribution in [-0.4, -0.2) is 16.1 Å². The molecular weight excluding hydrogens is 238 g/mol. The number of rotatable bonds is 2. The van der Waals surface area contributed by atoms with Crippen molar-refractivity contribution in [1.29, 1.82) is 0 Å². The van der Waals surface area contributed by atoms with Crippen LogP contribution in [0.5, 0.6) is 5.88 Å². The predicted molar refractivity (Wildman–Crippen MR) is 77.1 cm³/mol. The molecule has 2 N–H and O–H groups in total. The number of nitrogen functional groups attached to an aromatic ring is 1. The monoisotopic (exact) mass is 263 g/mol. The van der Waals surface area contributed by atoms with Crippen LogP contribution in [0.3, 0.4) is 0 Å². The van der Waals surface area contributed by atoms with Crippen LogP contribution in [0.1, 0.15) is 51.4 Å². The molecule has 2 atom stereocenters. The fourth-order valence-corrected chi connectivity index (χ4v) is 3.24. The van der Waals surface area contributed by atoms with Crippen LogP contribution in [0.4, 0.5) is 5.82 Å². The third-order valence-electron chi connectivity index (χ3n) is 3.88. The Labute approximate surface area is 115 Å². The number of ether oxygens (including phenoxy) is 1. The standard InChI is InChI=1S/C15H25N3O/c1-9-6-12(8-15(4,5)7-9)19-14-10(2)13(16)17-11(3)18-14/h9,12H,6-8H2,1-5H3,(H2,16,17,18). The second-order valence-electron chi connectivity index (χ2n) is 6.74. The molecule has 1 heterocycles. The number of hydrogen-bond donors (Lipinski definition) is 1. The Balaban J connectivity index is 2.17. The quantitative estimate of drug-likeness (QED) is 0.889. The van der Waals surface area contributed by atoms with Gasteiger partial charge in [0.15, 0.2) is 0 Å². The van der Waals surface area contributed by atoms with Crippen LogP contribution < -0.4 is 10.5 Å². The van der Waals surface area contributed by atoms with Gasteiger partial charge in [-0.05, 0) is 44.4 Å². The Hall–Kier alpha value is -1.32. The first-order valence-corrected chi connectivity index (χ1v) is 7.04. The minimum Gasteiger partial charge on any atom is -0.474 e. The zero-order chi connectivity index (χ0) is 14.2. The van der Waals surface area contributed by atoms with E-state index in [4.69, 9.17) is 10.5 Å². The van der Waals surface area contributed by atoms with E-state index in [0.29, 0.717) is 28.9 Å². The van der Waals surface area contributed by atoms with Crippen molar-refractivity contribution in [3.8, 4) is 5.88 Å². The van der Waals surface area contributed by atoms with Crippen molar-refractivity contribution in [2.45, 2.75) is 60.0 Å². The molecule has 0 saturated heterocycles. The second-order valence-corrected chi connectivity index (χ2v) is 6.74. The van der Waals surface area contributed by atoms with Crippen molar-refractivity contribution < 1.29 is 4.74 Å². The van der Waals surface area contributed by atoms with Crippen LogP contribution >= 0.6 is 0 Å². The molecule has 1 aliphatic rings. The van der Waals surface area contributed by atoms with E-state index in [9.17, 15) is 0 Å². The maximum atomic E-state index is 6.12. The summed E-state index contributed by atoms with van der Waals surface area (Å²) in [5, 5.41) is 0. The van der Waals surface area contributed by atoms with Crippen molar-refractivity contribution in [1.82, 2.24) is 9.97 Å². The van der Waals surface area contributed by atoms with Crippen molar-refractivity contribution in [3.05, 3.63) is 11.4 Å². The molecule has 19 heavy (non-hydrogen) atoms. The summed E-state index contributed by atoms with van der Waals surface area (Å²) in [5.41, 5.74) is 7.06. The lowest BCUT2D eigenvalue weighted by Gasteiger charge is -2.38. The third kappa shape index (κ3) is 3.37. The summed E-state index contributed by atoms with van der Waals surface area (Å²) in [6, 6.07) is 0. The van der Waals surface area contributed by atoms with Crippen LogP contribution in [0, 0.1) is 25.2 Å². The number of anilines is 1. The third-order valence-corrected chi connectivity index (χ3v) is 3.88. The summed E-state index contributed by atoms with van der Waals surface area (Å²) >= 11 is 0.